The summed E-state index contributed by atoms with van der Waals surface area (Å²) < 4.78 is 42.7. The summed E-state index contributed by atoms with van der Waals surface area (Å²) in [7, 11) is 0. The molecule has 0 fully saturated rings. The third kappa shape index (κ3) is 2.72. The van der Waals surface area contributed by atoms with Crippen LogP contribution in [-0.4, -0.2) is 10.9 Å². The predicted octanol–water partition coefficient (Wildman–Crippen LogP) is 4.84. The van der Waals surface area contributed by atoms with Crippen LogP contribution in [0.15, 0.2) is 54.7 Å². The average molecular weight is 291 g/mol. The Morgan fingerprint density at radius 1 is 1.00 bits per heavy atom. The lowest BCUT2D eigenvalue weighted by Gasteiger charge is -2.11. The van der Waals surface area contributed by atoms with Crippen LogP contribution >= 0.6 is 0 Å². The van der Waals surface area contributed by atoms with Crippen LogP contribution in [0.2, 0.25) is 0 Å². The van der Waals surface area contributed by atoms with Crippen LogP contribution < -0.4 is 4.74 Å². The highest BCUT2D eigenvalue weighted by atomic mass is 19.4. The van der Waals surface area contributed by atoms with Gasteiger partial charge in [-0.25, -0.2) is 0 Å². The number of fused-ring (bicyclic) bond motifs is 1. The van der Waals surface area contributed by atoms with E-state index in [2.05, 4.69) is 4.74 Å². The van der Waals surface area contributed by atoms with E-state index >= 15 is 0 Å². The highest BCUT2D eigenvalue weighted by molar-refractivity contribution is 5.85. The van der Waals surface area contributed by atoms with Crippen LogP contribution in [0.5, 0.6) is 5.75 Å². The molecule has 1 aromatic heterocycles. The van der Waals surface area contributed by atoms with Crippen molar-refractivity contribution >= 4 is 10.9 Å². The summed E-state index contributed by atoms with van der Waals surface area (Å²) in [5.41, 5.74) is 2.63. The van der Waals surface area contributed by atoms with Gasteiger partial charge in [0.05, 0.1) is 5.52 Å². The molecule has 0 unspecified atom stereocenters. The molecule has 0 aliphatic carbocycles. The van der Waals surface area contributed by atoms with E-state index in [9.17, 15) is 13.2 Å². The standard InChI is InChI=1S/C16H12F3NO/c1-11-10-20(15-8-3-2-7-14(11)15)12-5-4-6-13(9-12)21-16(17,18)19/h2-10H,1H3. The van der Waals surface area contributed by atoms with E-state index in [1.807, 2.05) is 42.0 Å². The summed E-state index contributed by atoms with van der Waals surface area (Å²) in [4.78, 5) is 0. The number of alkyl halides is 3. The number of rotatable bonds is 2. The molecular formula is C16H12F3NO. The van der Waals surface area contributed by atoms with Crippen molar-refractivity contribution in [2.75, 3.05) is 0 Å². The lowest BCUT2D eigenvalue weighted by atomic mass is 10.2. The summed E-state index contributed by atoms with van der Waals surface area (Å²) >= 11 is 0. The molecule has 2 nitrogen and oxygen atoms in total. The number of hydrogen-bond acceptors (Lipinski definition) is 1. The minimum Gasteiger partial charge on any atom is -0.406 e. The number of ether oxygens (including phenoxy) is 1. The number of nitrogens with zero attached hydrogens (tertiary/aromatic N) is 1. The minimum absolute atomic E-state index is 0.226. The Bertz CT molecular complexity index is 790. The van der Waals surface area contributed by atoms with Crippen molar-refractivity contribution in [2.45, 2.75) is 13.3 Å². The Kier molecular flexibility index (Phi) is 3.12. The fraction of sp³-hybridized carbons (Fsp3) is 0.125. The van der Waals surface area contributed by atoms with Crippen LogP contribution in [0.25, 0.3) is 16.6 Å². The van der Waals surface area contributed by atoms with Gasteiger partial charge >= 0.3 is 6.36 Å². The van der Waals surface area contributed by atoms with Crippen molar-refractivity contribution in [2.24, 2.45) is 0 Å². The maximum atomic E-state index is 12.3. The monoisotopic (exact) mass is 291 g/mol. The first kappa shape index (κ1) is 13.5. The van der Waals surface area contributed by atoms with Gasteiger partial charge in [0.25, 0.3) is 0 Å². The number of aromatic nitrogens is 1. The molecule has 0 atom stereocenters. The fourth-order valence-corrected chi connectivity index (χ4v) is 2.39. The SMILES string of the molecule is Cc1cn(-c2cccc(OC(F)(F)F)c2)c2ccccc12. The molecular weight excluding hydrogens is 279 g/mol. The first-order chi connectivity index (χ1) is 9.94. The van der Waals surface area contributed by atoms with Gasteiger partial charge in [-0.15, -0.1) is 13.2 Å². The molecule has 0 aliphatic rings. The summed E-state index contributed by atoms with van der Waals surface area (Å²) in [6, 6.07) is 13.7. The van der Waals surface area contributed by atoms with Gasteiger partial charge in [-0.05, 0) is 30.7 Å². The molecule has 21 heavy (non-hydrogen) atoms. The fourth-order valence-electron chi connectivity index (χ4n) is 2.39. The number of benzene rings is 2. The van der Waals surface area contributed by atoms with Crippen LogP contribution in [0.1, 0.15) is 5.56 Å². The lowest BCUT2D eigenvalue weighted by molar-refractivity contribution is -0.274. The maximum absolute atomic E-state index is 12.3. The quantitative estimate of drug-likeness (QED) is 0.659. The Morgan fingerprint density at radius 2 is 1.76 bits per heavy atom. The van der Waals surface area contributed by atoms with Crippen molar-refractivity contribution in [3.8, 4) is 11.4 Å². The highest BCUT2D eigenvalue weighted by Crippen LogP contribution is 2.28. The van der Waals surface area contributed by atoms with Gasteiger partial charge in [-0.2, -0.15) is 0 Å². The largest absolute Gasteiger partial charge is 0.573 e. The van der Waals surface area contributed by atoms with E-state index in [-0.39, 0.29) is 5.75 Å². The molecule has 0 aliphatic heterocycles. The van der Waals surface area contributed by atoms with Crippen molar-refractivity contribution in [3.63, 3.8) is 0 Å². The summed E-state index contributed by atoms with van der Waals surface area (Å²) in [5, 5.41) is 1.07. The van der Waals surface area contributed by atoms with Crippen molar-refractivity contribution in [1.29, 1.82) is 0 Å². The normalized spacial score (nSPS) is 11.8. The van der Waals surface area contributed by atoms with E-state index in [1.54, 1.807) is 12.1 Å². The van der Waals surface area contributed by atoms with Crippen LogP contribution in [0.3, 0.4) is 0 Å². The summed E-state index contributed by atoms with van der Waals surface area (Å²) in [6.07, 6.45) is -2.79. The number of hydrogen-bond donors (Lipinski definition) is 0. The zero-order valence-electron chi connectivity index (χ0n) is 11.2. The zero-order chi connectivity index (χ0) is 15.0. The Balaban J connectivity index is 2.09. The average Bonchev–Trinajstić information content (AvgIpc) is 2.75. The van der Waals surface area contributed by atoms with Gasteiger partial charge in [0.2, 0.25) is 0 Å². The van der Waals surface area contributed by atoms with Gasteiger partial charge in [0.1, 0.15) is 5.75 Å². The molecule has 5 heteroatoms. The van der Waals surface area contributed by atoms with E-state index in [1.165, 1.54) is 12.1 Å². The first-order valence-electron chi connectivity index (χ1n) is 6.37. The topological polar surface area (TPSA) is 14.2 Å². The number of para-hydroxylation sites is 1. The molecule has 0 amide bonds. The Labute approximate surface area is 119 Å². The molecule has 3 rings (SSSR count). The summed E-state index contributed by atoms with van der Waals surface area (Å²) in [5.74, 6) is -0.226. The van der Waals surface area contributed by atoms with Gasteiger partial charge in [-0.3, -0.25) is 0 Å². The molecule has 0 N–H and O–H groups in total. The lowest BCUT2D eigenvalue weighted by Crippen LogP contribution is -2.17. The van der Waals surface area contributed by atoms with E-state index in [0.29, 0.717) is 5.69 Å². The molecule has 0 saturated heterocycles. The minimum atomic E-state index is -4.69. The number of aryl methyl sites for hydroxylation is 1. The van der Waals surface area contributed by atoms with Gasteiger partial charge < -0.3 is 9.30 Å². The van der Waals surface area contributed by atoms with E-state index in [4.69, 9.17) is 0 Å². The molecule has 108 valence electrons. The molecule has 0 bridgehead atoms. The van der Waals surface area contributed by atoms with Crippen molar-refractivity contribution in [1.82, 2.24) is 4.57 Å². The third-order valence-electron chi connectivity index (χ3n) is 3.24. The van der Waals surface area contributed by atoms with E-state index in [0.717, 1.165) is 16.5 Å². The Hall–Kier alpha value is -2.43. The first-order valence-corrected chi connectivity index (χ1v) is 6.37. The molecule has 0 radical (unpaired) electrons. The van der Waals surface area contributed by atoms with Crippen molar-refractivity contribution in [3.05, 3.63) is 60.3 Å². The summed E-state index contributed by atoms with van der Waals surface area (Å²) in [6.45, 7) is 1.97. The second-order valence-electron chi connectivity index (χ2n) is 4.74. The Morgan fingerprint density at radius 3 is 2.52 bits per heavy atom. The highest BCUT2D eigenvalue weighted by Gasteiger charge is 2.31. The maximum Gasteiger partial charge on any atom is 0.573 e. The molecule has 0 spiro atoms. The molecule has 3 aromatic rings. The van der Waals surface area contributed by atoms with Crippen LogP contribution in [-0.2, 0) is 0 Å². The van der Waals surface area contributed by atoms with Crippen LogP contribution in [0.4, 0.5) is 13.2 Å². The van der Waals surface area contributed by atoms with Crippen molar-refractivity contribution < 1.29 is 17.9 Å². The van der Waals surface area contributed by atoms with Gasteiger partial charge in [0.15, 0.2) is 0 Å². The third-order valence-corrected chi connectivity index (χ3v) is 3.24. The zero-order valence-corrected chi connectivity index (χ0v) is 11.2. The molecule has 2 aromatic carbocycles. The predicted molar refractivity (Wildman–Crippen MR) is 74.7 cm³/mol. The molecule has 1 heterocycles. The van der Waals surface area contributed by atoms with E-state index < -0.39 is 6.36 Å². The smallest absolute Gasteiger partial charge is 0.406 e. The van der Waals surface area contributed by atoms with Crippen LogP contribution in [0, 0.1) is 6.92 Å². The second-order valence-corrected chi connectivity index (χ2v) is 4.74. The molecule has 0 saturated carbocycles. The number of halogens is 3. The second kappa shape index (κ2) is 4.84. The van der Waals surface area contributed by atoms with Gasteiger partial charge in [0, 0.05) is 23.3 Å². The van der Waals surface area contributed by atoms with Gasteiger partial charge in [-0.1, -0.05) is 24.3 Å².